The number of benzene rings is 2. The molecule has 3 rings (SSSR count). The maximum Gasteiger partial charge on any atom is 0.328 e. The van der Waals surface area contributed by atoms with Crippen molar-refractivity contribution in [2.75, 3.05) is 6.54 Å². The van der Waals surface area contributed by atoms with Gasteiger partial charge in [0.25, 0.3) is 11.8 Å². The fourth-order valence-corrected chi connectivity index (χ4v) is 3.95. The van der Waals surface area contributed by atoms with Crippen LogP contribution in [0.25, 0.3) is 0 Å². The maximum atomic E-state index is 12.6. The molecule has 33 heavy (non-hydrogen) atoms. The number of carbonyl (C=O) groups is 4. The van der Waals surface area contributed by atoms with Gasteiger partial charge in [-0.25, -0.2) is 4.79 Å². The fraction of sp³-hybridized carbons (Fsp3) is 0.167. The van der Waals surface area contributed by atoms with Gasteiger partial charge in [0.2, 0.25) is 0 Å². The van der Waals surface area contributed by atoms with Crippen LogP contribution in [0.5, 0.6) is 0 Å². The van der Waals surface area contributed by atoms with Crippen molar-refractivity contribution < 1.29 is 24.3 Å². The average Bonchev–Trinajstić information content (AvgIpc) is 3.35. The van der Waals surface area contributed by atoms with E-state index < -0.39 is 23.8 Å². The van der Waals surface area contributed by atoms with E-state index in [1.54, 1.807) is 17.5 Å². The second-order valence-corrected chi connectivity index (χ2v) is 8.51. The highest BCUT2D eigenvalue weighted by Crippen LogP contribution is 2.20. The predicted octanol–water partition coefficient (Wildman–Crippen LogP) is 3.83. The highest BCUT2D eigenvalue weighted by atomic mass is 35.5. The summed E-state index contributed by atoms with van der Waals surface area (Å²) in [5, 5.41) is 16.0. The predicted molar refractivity (Wildman–Crippen MR) is 126 cm³/mol. The molecule has 0 saturated heterocycles. The van der Waals surface area contributed by atoms with Crippen molar-refractivity contribution >= 4 is 46.5 Å². The van der Waals surface area contributed by atoms with Crippen LogP contribution in [-0.2, 0) is 11.2 Å². The Hall–Kier alpha value is -3.49. The Labute approximate surface area is 199 Å². The Morgan fingerprint density at radius 1 is 0.970 bits per heavy atom. The largest absolute Gasteiger partial charge is 0.480 e. The van der Waals surface area contributed by atoms with E-state index in [9.17, 15) is 24.3 Å². The van der Waals surface area contributed by atoms with Crippen molar-refractivity contribution in [1.82, 2.24) is 10.6 Å². The molecule has 0 aliphatic heterocycles. The molecule has 0 aliphatic carbocycles. The van der Waals surface area contributed by atoms with Gasteiger partial charge in [-0.05, 0) is 35.6 Å². The molecule has 9 heteroatoms. The average molecular weight is 485 g/mol. The van der Waals surface area contributed by atoms with E-state index in [0.29, 0.717) is 16.9 Å². The van der Waals surface area contributed by atoms with Gasteiger partial charge in [-0.15, -0.1) is 11.3 Å². The molecule has 0 saturated carbocycles. The Kier molecular flexibility index (Phi) is 8.34. The maximum absolute atomic E-state index is 12.6. The smallest absolute Gasteiger partial charge is 0.328 e. The molecule has 0 bridgehead atoms. The Morgan fingerprint density at radius 2 is 1.73 bits per heavy atom. The molecule has 0 fully saturated rings. The van der Waals surface area contributed by atoms with Gasteiger partial charge < -0.3 is 15.7 Å². The van der Waals surface area contributed by atoms with Gasteiger partial charge in [0.1, 0.15) is 6.04 Å². The van der Waals surface area contributed by atoms with Gasteiger partial charge in [-0.3, -0.25) is 14.4 Å². The Bertz CT molecular complexity index is 1150. The van der Waals surface area contributed by atoms with Gasteiger partial charge in [-0.2, -0.15) is 0 Å². The zero-order valence-electron chi connectivity index (χ0n) is 17.4. The summed E-state index contributed by atoms with van der Waals surface area (Å²) in [6.45, 7) is -0.300. The number of halogens is 1. The molecule has 1 heterocycles. The number of aliphatic carboxylic acids is 1. The van der Waals surface area contributed by atoms with Gasteiger partial charge in [0.15, 0.2) is 5.78 Å². The molecule has 1 atom stereocenters. The van der Waals surface area contributed by atoms with Crippen LogP contribution in [0.2, 0.25) is 5.02 Å². The quantitative estimate of drug-likeness (QED) is 0.378. The third kappa shape index (κ3) is 6.74. The van der Waals surface area contributed by atoms with Crippen LogP contribution in [0.3, 0.4) is 0 Å². The third-order valence-corrected chi connectivity index (χ3v) is 6.02. The summed E-state index contributed by atoms with van der Waals surface area (Å²) in [5.41, 5.74) is 1.44. The number of nitrogens with one attached hydrogen (secondary N) is 2. The van der Waals surface area contributed by atoms with Crippen molar-refractivity contribution in [3.8, 4) is 0 Å². The summed E-state index contributed by atoms with van der Waals surface area (Å²) in [6.07, 6.45) is 0.869. The van der Waals surface area contributed by atoms with Crippen molar-refractivity contribution in [3.63, 3.8) is 0 Å². The van der Waals surface area contributed by atoms with Crippen molar-refractivity contribution in [2.45, 2.75) is 18.9 Å². The molecule has 1 unspecified atom stereocenters. The van der Waals surface area contributed by atoms with E-state index in [2.05, 4.69) is 10.6 Å². The minimum atomic E-state index is -1.36. The topological polar surface area (TPSA) is 113 Å². The van der Waals surface area contributed by atoms with E-state index in [1.165, 1.54) is 29.5 Å². The molecular weight excluding hydrogens is 464 g/mol. The van der Waals surface area contributed by atoms with Crippen molar-refractivity contribution in [1.29, 1.82) is 0 Å². The normalized spacial score (nSPS) is 11.4. The molecular formula is C24H21ClN2O5S. The number of rotatable bonds is 10. The minimum Gasteiger partial charge on any atom is -0.480 e. The molecule has 2 aromatic carbocycles. The van der Waals surface area contributed by atoms with Crippen LogP contribution in [0.4, 0.5) is 0 Å². The zero-order chi connectivity index (χ0) is 23.8. The van der Waals surface area contributed by atoms with Crippen LogP contribution in [-0.4, -0.2) is 41.3 Å². The number of hydrogen-bond donors (Lipinski definition) is 3. The van der Waals surface area contributed by atoms with E-state index in [4.69, 9.17) is 11.6 Å². The van der Waals surface area contributed by atoms with Crippen LogP contribution < -0.4 is 10.6 Å². The van der Waals surface area contributed by atoms with Crippen LogP contribution in [0.15, 0.2) is 66.0 Å². The van der Waals surface area contributed by atoms with Gasteiger partial charge in [-0.1, -0.05) is 54.1 Å². The molecule has 0 radical (unpaired) electrons. The number of carboxylic acid groups (broad SMARTS) is 1. The lowest BCUT2D eigenvalue weighted by Crippen LogP contribution is -2.48. The summed E-state index contributed by atoms with van der Waals surface area (Å²) < 4.78 is 0. The first-order valence-corrected chi connectivity index (χ1v) is 11.3. The summed E-state index contributed by atoms with van der Waals surface area (Å²) in [7, 11) is 0. The minimum absolute atomic E-state index is 0.0322. The summed E-state index contributed by atoms with van der Waals surface area (Å²) in [4.78, 5) is 49.1. The molecule has 1 aromatic heterocycles. The number of carboxylic acids is 1. The molecule has 7 nitrogen and oxygen atoms in total. The SMILES string of the molecule is O=C(CCc1ccccc1)c1ccc(C(=O)NC(CNC(=O)c2cccs2)C(=O)O)c(Cl)c1. The molecule has 170 valence electrons. The monoisotopic (exact) mass is 484 g/mol. The lowest BCUT2D eigenvalue weighted by molar-refractivity contribution is -0.139. The molecule has 2 amide bonds. The summed E-state index contributed by atoms with van der Waals surface area (Å²) in [5.74, 6) is -2.57. The molecule has 3 aromatic rings. The number of thiophene rings is 1. The first kappa shape index (κ1) is 24.2. The number of carbonyl (C=O) groups excluding carboxylic acids is 3. The van der Waals surface area contributed by atoms with E-state index in [0.717, 1.165) is 5.56 Å². The summed E-state index contributed by atoms with van der Waals surface area (Å²) >= 11 is 7.43. The lowest BCUT2D eigenvalue weighted by Gasteiger charge is -2.16. The number of ketones is 1. The third-order valence-electron chi connectivity index (χ3n) is 4.83. The second kappa shape index (κ2) is 11.4. The Balaban J connectivity index is 1.60. The number of Topliss-reactive ketones (excluding diaryl/α,β-unsaturated/α-hetero) is 1. The van der Waals surface area contributed by atoms with Crippen LogP contribution in [0, 0.1) is 0 Å². The van der Waals surface area contributed by atoms with Crippen LogP contribution >= 0.6 is 22.9 Å². The molecule has 0 spiro atoms. The fourth-order valence-electron chi connectivity index (χ4n) is 3.05. The highest BCUT2D eigenvalue weighted by Gasteiger charge is 2.23. The Morgan fingerprint density at radius 3 is 2.36 bits per heavy atom. The first-order chi connectivity index (χ1) is 15.8. The van der Waals surface area contributed by atoms with Gasteiger partial charge >= 0.3 is 5.97 Å². The highest BCUT2D eigenvalue weighted by molar-refractivity contribution is 7.12. The summed E-state index contributed by atoms with van der Waals surface area (Å²) in [6, 6.07) is 15.8. The van der Waals surface area contributed by atoms with Crippen molar-refractivity contribution in [2.24, 2.45) is 0 Å². The number of amides is 2. The van der Waals surface area contributed by atoms with E-state index in [-0.39, 0.29) is 29.3 Å². The van der Waals surface area contributed by atoms with E-state index >= 15 is 0 Å². The van der Waals surface area contributed by atoms with Gasteiger partial charge in [0.05, 0.1) is 15.5 Å². The van der Waals surface area contributed by atoms with Crippen LogP contribution in [0.1, 0.15) is 42.4 Å². The second-order valence-electron chi connectivity index (χ2n) is 7.16. The van der Waals surface area contributed by atoms with E-state index in [1.807, 2.05) is 30.3 Å². The van der Waals surface area contributed by atoms with Gasteiger partial charge in [0, 0.05) is 18.5 Å². The number of hydrogen-bond acceptors (Lipinski definition) is 5. The van der Waals surface area contributed by atoms with Crippen molar-refractivity contribution in [3.05, 3.63) is 92.6 Å². The standard InChI is InChI=1S/C24H21ClN2O5S/c25-18-13-16(20(28)11-8-15-5-2-1-3-6-15)9-10-17(18)22(29)27-19(24(31)32)14-26-23(30)21-7-4-12-33-21/h1-7,9-10,12-13,19H,8,11,14H2,(H,26,30)(H,27,29)(H,31,32). The molecule has 3 N–H and O–H groups in total. The zero-order valence-corrected chi connectivity index (χ0v) is 19.0. The first-order valence-electron chi connectivity index (χ1n) is 10.1. The molecule has 0 aliphatic rings. The lowest BCUT2D eigenvalue weighted by atomic mass is 10.0. The number of aryl methyl sites for hydroxylation is 1.